The third kappa shape index (κ3) is 4.22. The molecule has 0 atom stereocenters. The summed E-state index contributed by atoms with van der Waals surface area (Å²) in [6.45, 7) is 0. The van der Waals surface area contributed by atoms with E-state index in [4.69, 9.17) is 4.74 Å². The van der Waals surface area contributed by atoms with Crippen LogP contribution in [-0.2, 0) is 11.8 Å². The summed E-state index contributed by atoms with van der Waals surface area (Å²) in [7, 11) is 3.30. The number of ether oxygens (including phenoxy) is 1. The highest BCUT2D eigenvalue weighted by atomic mass is 16.5. The number of aryl methyl sites for hydroxylation is 1. The SMILES string of the molecule is COc1ccc(NC(=O)c2cc(NC(=O)C3CCCCC3)n(C)n2)cc1. The van der Waals surface area contributed by atoms with Gasteiger partial charge in [0.25, 0.3) is 5.91 Å². The van der Waals surface area contributed by atoms with Gasteiger partial charge in [-0.15, -0.1) is 0 Å². The van der Waals surface area contributed by atoms with Gasteiger partial charge in [-0.3, -0.25) is 14.3 Å². The van der Waals surface area contributed by atoms with E-state index in [2.05, 4.69) is 15.7 Å². The molecule has 0 aliphatic heterocycles. The summed E-state index contributed by atoms with van der Waals surface area (Å²) in [5, 5.41) is 9.89. The van der Waals surface area contributed by atoms with Gasteiger partial charge in [-0.2, -0.15) is 5.10 Å². The van der Waals surface area contributed by atoms with Gasteiger partial charge in [-0.25, -0.2) is 0 Å². The lowest BCUT2D eigenvalue weighted by Crippen LogP contribution is -2.25. The number of hydrogen-bond acceptors (Lipinski definition) is 4. The van der Waals surface area contributed by atoms with E-state index in [0.29, 0.717) is 17.3 Å². The maximum atomic E-state index is 12.4. The smallest absolute Gasteiger partial charge is 0.276 e. The number of carbonyl (C=O) groups is 2. The first-order chi connectivity index (χ1) is 12.6. The number of rotatable bonds is 5. The van der Waals surface area contributed by atoms with Crippen LogP contribution in [0.4, 0.5) is 11.5 Å². The predicted octanol–water partition coefficient (Wildman–Crippen LogP) is 3.20. The van der Waals surface area contributed by atoms with E-state index in [1.165, 1.54) is 11.1 Å². The third-order valence-corrected chi connectivity index (χ3v) is 4.69. The molecule has 1 saturated carbocycles. The average Bonchev–Trinajstić information content (AvgIpc) is 3.03. The fraction of sp³-hybridized carbons (Fsp3) is 0.421. The fourth-order valence-electron chi connectivity index (χ4n) is 3.16. The lowest BCUT2D eigenvalue weighted by atomic mass is 9.89. The Labute approximate surface area is 152 Å². The van der Waals surface area contributed by atoms with Gasteiger partial charge < -0.3 is 15.4 Å². The zero-order valence-corrected chi connectivity index (χ0v) is 15.1. The van der Waals surface area contributed by atoms with Crippen molar-refractivity contribution in [2.24, 2.45) is 13.0 Å². The Bertz CT molecular complexity index is 777. The first kappa shape index (κ1) is 18.0. The number of methoxy groups -OCH3 is 1. The molecule has 1 aromatic heterocycles. The second-order valence-corrected chi connectivity index (χ2v) is 6.55. The Kier molecular flexibility index (Phi) is 5.55. The lowest BCUT2D eigenvalue weighted by molar-refractivity contribution is -0.120. The van der Waals surface area contributed by atoms with Crippen LogP contribution in [0.5, 0.6) is 5.75 Å². The zero-order chi connectivity index (χ0) is 18.5. The molecule has 0 unspecified atom stereocenters. The lowest BCUT2D eigenvalue weighted by Gasteiger charge is -2.20. The monoisotopic (exact) mass is 356 g/mol. The highest BCUT2D eigenvalue weighted by molar-refractivity contribution is 6.04. The molecule has 0 spiro atoms. The molecule has 7 nitrogen and oxygen atoms in total. The second-order valence-electron chi connectivity index (χ2n) is 6.55. The van der Waals surface area contributed by atoms with Gasteiger partial charge in [0.1, 0.15) is 11.6 Å². The van der Waals surface area contributed by atoms with Gasteiger partial charge in [0.05, 0.1) is 7.11 Å². The molecule has 0 bridgehead atoms. The first-order valence-electron chi connectivity index (χ1n) is 8.87. The van der Waals surface area contributed by atoms with E-state index in [1.54, 1.807) is 44.5 Å². The number of aromatic nitrogens is 2. The first-order valence-corrected chi connectivity index (χ1v) is 8.87. The number of hydrogen-bond donors (Lipinski definition) is 2. The van der Waals surface area contributed by atoms with E-state index >= 15 is 0 Å². The molecular weight excluding hydrogens is 332 g/mol. The fourth-order valence-corrected chi connectivity index (χ4v) is 3.16. The van der Waals surface area contributed by atoms with Gasteiger partial charge in [0, 0.05) is 24.7 Å². The molecule has 1 fully saturated rings. The molecule has 2 amide bonds. The molecule has 0 radical (unpaired) electrons. The molecule has 0 saturated heterocycles. The van der Waals surface area contributed by atoms with Gasteiger partial charge in [-0.1, -0.05) is 19.3 Å². The number of nitrogens with zero attached hydrogens (tertiary/aromatic N) is 2. The number of nitrogens with one attached hydrogen (secondary N) is 2. The standard InChI is InChI=1S/C19H24N4O3/c1-23-17(21-18(24)13-6-4-3-5-7-13)12-16(22-23)19(25)20-14-8-10-15(26-2)11-9-14/h8-13H,3-7H2,1-2H3,(H,20,25)(H,21,24). The number of carbonyl (C=O) groups excluding carboxylic acids is 2. The summed E-state index contributed by atoms with van der Waals surface area (Å²) in [5.74, 6) is 0.975. The summed E-state index contributed by atoms with van der Waals surface area (Å²) < 4.78 is 6.61. The van der Waals surface area contributed by atoms with Crippen molar-refractivity contribution >= 4 is 23.3 Å². The van der Waals surface area contributed by atoms with Gasteiger partial charge in [-0.05, 0) is 37.1 Å². The largest absolute Gasteiger partial charge is 0.497 e. The Balaban J connectivity index is 1.64. The summed E-state index contributed by atoms with van der Waals surface area (Å²) in [4.78, 5) is 24.8. The molecule has 138 valence electrons. The number of benzene rings is 1. The van der Waals surface area contributed by atoms with Crippen molar-refractivity contribution in [3.05, 3.63) is 36.0 Å². The van der Waals surface area contributed by atoms with Crippen molar-refractivity contribution in [1.29, 1.82) is 0 Å². The van der Waals surface area contributed by atoms with E-state index in [0.717, 1.165) is 25.7 Å². The molecule has 1 aliphatic carbocycles. The minimum Gasteiger partial charge on any atom is -0.497 e. The molecule has 1 heterocycles. The Hall–Kier alpha value is -2.83. The summed E-state index contributed by atoms with van der Waals surface area (Å²) in [5.41, 5.74) is 0.900. The van der Waals surface area contributed by atoms with Crippen molar-refractivity contribution in [3.63, 3.8) is 0 Å². The molecule has 2 aromatic rings. The predicted molar refractivity (Wildman–Crippen MR) is 99.4 cm³/mol. The molecule has 26 heavy (non-hydrogen) atoms. The zero-order valence-electron chi connectivity index (χ0n) is 15.1. The minimum absolute atomic E-state index is 0.00909. The highest BCUT2D eigenvalue weighted by Gasteiger charge is 2.22. The molecule has 7 heteroatoms. The molecule has 3 rings (SSSR count). The maximum absolute atomic E-state index is 12.4. The minimum atomic E-state index is -0.330. The average molecular weight is 356 g/mol. The van der Waals surface area contributed by atoms with E-state index in [-0.39, 0.29) is 23.4 Å². The van der Waals surface area contributed by atoms with E-state index in [1.807, 2.05) is 0 Å². The van der Waals surface area contributed by atoms with Crippen molar-refractivity contribution in [1.82, 2.24) is 9.78 Å². The van der Waals surface area contributed by atoms with Crippen LogP contribution >= 0.6 is 0 Å². The van der Waals surface area contributed by atoms with Crippen LogP contribution in [0, 0.1) is 5.92 Å². The van der Waals surface area contributed by atoms with Crippen LogP contribution in [0.25, 0.3) is 0 Å². The second kappa shape index (κ2) is 8.03. The van der Waals surface area contributed by atoms with Crippen LogP contribution in [0.15, 0.2) is 30.3 Å². The van der Waals surface area contributed by atoms with Crippen LogP contribution in [0.1, 0.15) is 42.6 Å². The molecule has 1 aliphatic rings. The van der Waals surface area contributed by atoms with Crippen LogP contribution < -0.4 is 15.4 Å². The van der Waals surface area contributed by atoms with Crippen LogP contribution in [-0.4, -0.2) is 28.7 Å². The molecule has 2 N–H and O–H groups in total. The maximum Gasteiger partial charge on any atom is 0.276 e. The summed E-state index contributed by atoms with van der Waals surface area (Å²) in [6.07, 6.45) is 5.24. The van der Waals surface area contributed by atoms with Crippen molar-refractivity contribution in [2.75, 3.05) is 17.7 Å². The quantitative estimate of drug-likeness (QED) is 0.861. The Morgan fingerprint density at radius 1 is 1.12 bits per heavy atom. The third-order valence-electron chi connectivity index (χ3n) is 4.69. The Morgan fingerprint density at radius 2 is 1.81 bits per heavy atom. The van der Waals surface area contributed by atoms with Crippen LogP contribution in [0.2, 0.25) is 0 Å². The van der Waals surface area contributed by atoms with Crippen molar-refractivity contribution in [3.8, 4) is 5.75 Å². The normalized spacial score (nSPS) is 14.7. The van der Waals surface area contributed by atoms with Crippen LogP contribution in [0.3, 0.4) is 0 Å². The number of amides is 2. The van der Waals surface area contributed by atoms with Gasteiger partial charge >= 0.3 is 0 Å². The van der Waals surface area contributed by atoms with Gasteiger partial charge in [0.15, 0.2) is 5.69 Å². The van der Waals surface area contributed by atoms with E-state index in [9.17, 15) is 9.59 Å². The number of anilines is 2. The van der Waals surface area contributed by atoms with E-state index < -0.39 is 0 Å². The van der Waals surface area contributed by atoms with Crippen molar-refractivity contribution in [2.45, 2.75) is 32.1 Å². The Morgan fingerprint density at radius 3 is 2.46 bits per heavy atom. The topological polar surface area (TPSA) is 85.3 Å². The van der Waals surface area contributed by atoms with Gasteiger partial charge in [0.2, 0.25) is 5.91 Å². The summed E-state index contributed by atoms with van der Waals surface area (Å²) in [6, 6.07) is 8.64. The summed E-state index contributed by atoms with van der Waals surface area (Å²) >= 11 is 0. The highest BCUT2D eigenvalue weighted by Crippen LogP contribution is 2.25. The molecular formula is C19H24N4O3. The molecule has 1 aromatic carbocycles. The van der Waals surface area contributed by atoms with Crippen molar-refractivity contribution < 1.29 is 14.3 Å².